The third-order valence-electron chi connectivity index (χ3n) is 6.37. The fourth-order valence-electron chi connectivity index (χ4n) is 4.76. The Morgan fingerprint density at radius 1 is 1.29 bits per heavy atom. The third kappa shape index (κ3) is 4.56. The molecule has 1 saturated heterocycles. The topological polar surface area (TPSA) is 71.5 Å². The van der Waals surface area contributed by atoms with E-state index < -0.39 is 0 Å². The van der Waals surface area contributed by atoms with Crippen LogP contribution in [0.5, 0.6) is 5.75 Å². The largest absolute Gasteiger partial charge is 0.497 e. The van der Waals surface area contributed by atoms with Crippen LogP contribution in [0.1, 0.15) is 52.5 Å². The van der Waals surface area contributed by atoms with Crippen molar-refractivity contribution in [2.45, 2.75) is 44.2 Å². The van der Waals surface area contributed by atoms with Crippen molar-refractivity contribution >= 4 is 23.6 Å². The van der Waals surface area contributed by atoms with Crippen molar-refractivity contribution in [2.24, 2.45) is 5.41 Å². The first-order valence-corrected chi connectivity index (χ1v) is 11.8. The number of aromatic nitrogens is 1. The maximum atomic E-state index is 13.0. The quantitative estimate of drug-likeness (QED) is 0.691. The summed E-state index contributed by atoms with van der Waals surface area (Å²) in [4.78, 5) is 31.9. The standard InChI is InChI=1S/C24H29N3O3S/c1-4-31-21-12-17(7-9-25-21)23(29)27-10-8-24(15-27)13-18(14-24)26-22(28)20-6-5-19(30-3)11-16(20)2/h5-7,9,11-12,18H,4,8,10,13-15H2,1-3H3,(H,26,28). The lowest BCUT2D eigenvalue weighted by molar-refractivity contribution is 0.0609. The van der Waals surface area contributed by atoms with Gasteiger partial charge in [0.25, 0.3) is 11.8 Å². The highest BCUT2D eigenvalue weighted by molar-refractivity contribution is 7.99. The van der Waals surface area contributed by atoms with Gasteiger partial charge in [-0.1, -0.05) is 6.92 Å². The van der Waals surface area contributed by atoms with Crippen LogP contribution in [0.15, 0.2) is 41.6 Å². The van der Waals surface area contributed by atoms with Gasteiger partial charge in [0.2, 0.25) is 0 Å². The van der Waals surface area contributed by atoms with Crippen LogP contribution in [0.4, 0.5) is 0 Å². The zero-order chi connectivity index (χ0) is 22.0. The van der Waals surface area contributed by atoms with E-state index >= 15 is 0 Å². The zero-order valence-corrected chi connectivity index (χ0v) is 19.1. The molecule has 2 heterocycles. The molecule has 1 spiro atoms. The van der Waals surface area contributed by atoms with Gasteiger partial charge in [-0.25, -0.2) is 4.98 Å². The van der Waals surface area contributed by atoms with Gasteiger partial charge in [0.1, 0.15) is 5.75 Å². The fraction of sp³-hybridized carbons (Fsp3) is 0.458. The Hall–Kier alpha value is -2.54. The highest BCUT2D eigenvalue weighted by Gasteiger charge is 2.49. The molecule has 2 aromatic rings. The van der Waals surface area contributed by atoms with E-state index in [1.54, 1.807) is 31.1 Å². The predicted molar refractivity (Wildman–Crippen MR) is 122 cm³/mol. The van der Waals surface area contributed by atoms with Crippen LogP contribution < -0.4 is 10.1 Å². The summed E-state index contributed by atoms with van der Waals surface area (Å²) in [5.74, 6) is 1.73. The SMILES string of the molecule is CCSc1cc(C(=O)N2CCC3(CC(NC(=O)c4ccc(OC)cc4C)C3)C2)ccn1. The van der Waals surface area contributed by atoms with Crippen LogP contribution in [0, 0.1) is 12.3 Å². The first-order valence-electron chi connectivity index (χ1n) is 10.8. The maximum absolute atomic E-state index is 13.0. The lowest BCUT2D eigenvalue weighted by atomic mass is 9.65. The van der Waals surface area contributed by atoms with Gasteiger partial charge >= 0.3 is 0 Å². The lowest BCUT2D eigenvalue weighted by Crippen LogP contribution is -2.52. The second-order valence-corrected chi connectivity index (χ2v) is 9.84. The smallest absolute Gasteiger partial charge is 0.254 e. The summed E-state index contributed by atoms with van der Waals surface area (Å²) in [6, 6.07) is 9.36. The predicted octanol–water partition coefficient (Wildman–Crippen LogP) is 3.94. The van der Waals surface area contributed by atoms with E-state index in [0.29, 0.717) is 11.1 Å². The van der Waals surface area contributed by atoms with Gasteiger partial charge in [0.05, 0.1) is 12.1 Å². The van der Waals surface area contributed by atoms with Crippen LogP contribution in [0.25, 0.3) is 0 Å². The molecular formula is C24H29N3O3S. The van der Waals surface area contributed by atoms with Crippen molar-refractivity contribution < 1.29 is 14.3 Å². The number of amides is 2. The summed E-state index contributed by atoms with van der Waals surface area (Å²) in [5, 5.41) is 4.06. The Labute approximate surface area is 187 Å². The van der Waals surface area contributed by atoms with Gasteiger partial charge in [-0.05, 0) is 73.2 Å². The van der Waals surface area contributed by atoms with Crippen LogP contribution in [0.2, 0.25) is 0 Å². The molecule has 7 heteroatoms. The van der Waals surface area contributed by atoms with Crippen molar-refractivity contribution in [3.63, 3.8) is 0 Å². The van der Waals surface area contributed by atoms with Crippen molar-refractivity contribution in [1.29, 1.82) is 0 Å². The monoisotopic (exact) mass is 439 g/mol. The number of nitrogens with one attached hydrogen (secondary N) is 1. The Bertz CT molecular complexity index is 988. The van der Waals surface area contributed by atoms with Crippen molar-refractivity contribution in [3.05, 3.63) is 53.2 Å². The van der Waals surface area contributed by atoms with E-state index in [0.717, 1.165) is 54.4 Å². The van der Waals surface area contributed by atoms with Gasteiger partial charge < -0.3 is 15.0 Å². The zero-order valence-electron chi connectivity index (χ0n) is 18.3. The van der Waals surface area contributed by atoms with Crippen LogP contribution in [-0.2, 0) is 0 Å². The molecule has 4 rings (SSSR count). The maximum Gasteiger partial charge on any atom is 0.254 e. The molecular weight excluding hydrogens is 410 g/mol. The highest BCUT2D eigenvalue weighted by atomic mass is 32.2. The second kappa shape index (κ2) is 8.91. The molecule has 1 aromatic heterocycles. The molecule has 6 nitrogen and oxygen atoms in total. The molecule has 1 aliphatic heterocycles. The van der Waals surface area contributed by atoms with Crippen LogP contribution in [0.3, 0.4) is 0 Å². The van der Waals surface area contributed by atoms with Gasteiger partial charge in [0, 0.05) is 36.5 Å². The van der Waals surface area contributed by atoms with E-state index in [9.17, 15) is 9.59 Å². The molecule has 0 radical (unpaired) electrons. The third-order valence-corrected chi connectivity index (χ3v) is 7.18. The molecule has 2 amide bonds. The van der Waals surface area contributed by atoms with Gasteiger partial charge in [-0.2, -0.15) is 0 Å². The van der Waals surface area contributed by atoms with Crippen molar-refractivity contribution in [3.8, 4) is 5.75 Å². The number of methoxy groups -OCH3 is 1. The Balaban J connectivity index is 1.32. The summed E-state index contributed by atoms with van der Waals surface area (Å²) in [7, 11) is 1.62. The minimum absolute atomic E-state index is 0.0383. The van der Waals surface area contributed by atoms with E-state index in [1.165, 1.54) is 0 Å². The number of carbonyl (C=O) groups excluding carboxylic acids is 2. The summed E-state index contributed by atoms with van der Waals surface area (Å²) < 4.78 is 5.22. The molecule has 31 heavy (non-hydrogen) atoms. The van der Waals surface area contributed by atoms with E-state index in [-0.39, 0.29) is 23.3 Å². The molecule has 0 atom stereocenters. The Kier molecular flexibility index (Phi) is 6.23. The number of thioether (sulfide) groups is 1. The molecule has 1 aromatic carbocycles. The molecule has 0 unspecified atom stereocenters. The summed E-state index contributed by atoms with van der Waals surface area (Å²) in [6.07, 6.45) is 4.55. The second-order valence-electron chi connectivity index (χ2n) is 8.55. The normalized spacial score (nSPS) is 22.3. The van der Waals surface area contributed by atoms with Gasteiger partial charge in [0.15, 0.2) is 0 Å². The number of nitrogens with zero attached hydrogens (tertiary/aromatic N) is 2. The minimum atomic E-state index is -0.0383. The molecule has 2 fully saturated rings. The number of likely N-dealkylation sites (tertiary alicyclic amines) is 1. The highest BCUT2D eigenvalue weighted by Crippen LogP contribution is 2.48. The van der Waals surface area contributed by atoms with Crippen molar-refractivity contribution in [2.75, 3.05) is 26.0 Å². The van der Waals surface area contributed by atoms with Crippen molar-refractivity contribution in [1.82, 2.24) is 15.2 Å². The number of benzene rings is 1. The molecule has 1 aliphatic carbocycles. The minimum Gasteiger partial charge on any atom is -0.497 e. The number of carbonyl (C=O) groups is 2. The number of ether oxygens (including phenoxy) is 1. The fourth-order valence-corrected chi connectivity index (χ4v) is 5.40. The number of rotatable bonds is 6. The summed E-state index contributed by atoms with van der Waals surface area (Å²) in [5.41, 5.74) is 2.43. The lowest BCUT2D eigenvalue weighted by Gasteiger charge is -2.45. The molecule has 164 valence electrons. The average molecular weight is 440 g/mol. The van der Waals surface area contributed by atoms with E-state index in [1.807, 2.05) is 36.1 Å². The van der Waals surface area contributed by atoms with Crippen LogP contribution >= 0.6 is 11.8 Å². The first kappa shape index (κ1) is 21.7. The Morgan fingerprint density at radius 3 is 2.81 bits per heavy atom. The first-order chi connectivity index (χ1) is 14.9. The molecule has 1 saturated carbocycles. The molecule has 2 aliphatic rings. The van der Waals surface area contributed by atoms with Crippen LogP contribution in [-0.4, -0.2) is 53.7 Å². The number of aryl methyl sites for hydroxylation is 1. The molecule has 1 N–H and O–H groups in total. The number of hydrogen-bond acceptors (Lipinski definition) is 5. The van der Waals surface area contributed by atoms with E-state index in [2.05, 4.69) is 17.2 Å². The Morgan fingerprint density at radius 2 is 2.10 bits per heavy atom. The summed E-state index contributed by atoms with van der Waals surface area (Å²) in [6.45, 7) is 5.53. The average Bonchev–Trinajstić information content (AvgIpc) is 3.18. The number of pyridine rings is 1. The van der Waals surface area contributed by atoms with Gasteiger partial charge in [-0.15, -0.1) is 11.8 Å². The summed E-state index contributed by atoms with van der Waals surface area (Å²) >= 11 is 1.64. The van der Waals surface area contributed by atoms with E-state index in [4.69, 9.17) is 4.74 Å². The number of hydrogen-bond donors (Lipinski definition) is 1. The molecule has 0 bridgehead atoms. The van der Waals surface area contributed by atoms with Gasteiger partial charge in [-0.3, -0.25) is 9.59 Å².